The van der Waals surface area contributed by atoms with Gasteiger partial charge in [0.15, 0.2) is 0 Å². The molecular formula is C13H26. The molecule has 0 aromatic heterocycles. The summed E-state index contributed by atoms with van der Waals surface area (Å²) in [5.74, 6) is 4.04. The number of rotatable bonds is 4. The largest absolute Gasteiger partial charge is 0.0654 e. The minimum Gasteiger partial charge on any atom is -0.0654 e. The fraction of sp³-hybridized carbons (Fsp3) is 1.00. The highest BCUT2D eigenvalue weighted by Crippen LogP contribution is 2.44. The molecule has 1 aliphatic rings. The average Bonchev–Trinajstić information content (AvgIpc) is 2.48. The van der Waals surface area contributed by atoms with Crippen LogP contribution in [0.3, 0.4) is 0 Å². The van der Waals surface area contributed by atoms with Crippen LogP contribution in [-0.2, 0) is 0 Å². The molecule has 3 atom stereocenters. The first-order valence-electron chi connectivity index (χ1n) is 6.20. The minimum absolute atomic E-state index is 0.910. The quantitative estimate of drug-likeness (QED) is 0.600. The molecule has 0 heteroatoms. The molecule has 78 valence electrons. The van der Waals surface area contributed by atoms with E-state index in [1.165, 1.54) is 32.1 Å². The molecule has 3 unspecified atom stereocenters. The van der Waals surface area contributed by atoms with Crippen LogP contribution in [0.4, 0.5) is 0 Å². The summed E-state index contributed by atoms with van der Waals surface area (Å²) in [5.41, 5.74) is 0. The second-order valence-electron chi connectivity index (χ2n) is 5.11. The van der Waals surface area contributed by atoms with Gasteiger partial charge in [0.2, 0.25) is 0 Å². The maximum atomic E-state index is 2.41. The Morgan fingerprint density at radius 1 is 1.15 bits per heavy atom. The normalized spacial score (nSPS) is 34.4. The van der Waals surface area contributed by atoms with Gasteiger partial charge in [-0.1, -0.05) is 47.0 Å². The van der Waals surface area contributed by atoms with Crippen LogP contribution in [0.5, 0.6) is 0 Å². The molecule has 13 heavy (non-hydrogen) atoms. The van der Waals surface area contributed by atoms with Crippen LogP contribution in [0.25, 0.3) is 0 Å². The average molecular weight is 182 g/mol. The lowest BCUT2D eigenvalue weighted by Crippen LogP contribution is -2.18. The third-order valence-corrected chi connectivity index (χ3v) is 4.03. The lowest BCUT2D eigenvalue weighted by molar-refractivity contribution is 0.232. The van der Waals surface area contributed by atoms with E-state index in [0.29, 0.717) is 0 Å². The smallest absolute Gasteiger partial charge is 0.0355 e. The molecule has 0 heterocycles. The Balaban J connectivity index is 2.55. The first-order chi connectivity index (χ1) is 6.20. The lowest BCUT2D eigenvalue weighted by atomic mass is 9.79. The molecule has 0 spiro atoms. The molecule has 1 aliphatic carbocycles. The highest BCUT2D eigenvalue weighted by molar-refractivity contribution is 4.85. The Morgan fingerprint density at radius 2 is 1.85 bits per heavy atom. The second kappa shape index (κ2) is 5.02. The maximum Gasteiger partial charge on any atom is -0.0355 e. The SMILES string of the molecule is CCCC1C(CC)CCC1C(C)C. The summed E-state index contributed by atoms with van der Waals surface area (Å²) in [6.45, 7) is 9.52. The fourth-order valence-electron chi connectivity index (χ4n) is 3.30. The molecule has 0 nitrogen and oxygen atoms in total. The molecule has 0 N–H and O–H groups in total. The van der Waals surface area contributed by atoms with Crippen molar-refractivity contribution in [1.29, 1.82) is 0 Å². The van der Waals surface area contributed by atoms with Gasteiger partial charge in [-0.05, 0) is 36.5 Å². The van der Waals surface area contributed by atoms with Crippen LogP contribution in [0.1, 0.15) is 59.8 Å². The first kappa shape index (κ1) is 11.1. The minimum atomic E-state index is 0.910. The lowest BCUT2D eigenvalue weighted by Gasteiger charge is -2.26. The van der Waals surface area contributed by atoms with Gasteiger partial charge in [0.25, 0.3) is 0 Å². The van der Waals surface area contributed by atoms with E-state index in [2.05, 4.69) is 27.7 Å². The molecule has 0 aliphatic heterocycles. The summed E-state index contributed by atoms with van der Waals surface area (Å²) in [4.78, 5) is 0. The summed E-state index contributed by atoms with van der Waals surface area (Å²) >= 11 is 0. The van der Waals surface area contributed by atoms with Crippen LogP contribution >= 0.6 is 0 Å². The van der Waals surface area contributed by atoms with Crippen molar-refractivity contribution in [3.63, 3.8) is 0 Å². The van der Waals surface area contributed by atoms with Crippen molar-refractivity contribution in [2.45, 2.75) is 59.8 Å². The van der Waals surface area contributed by atoms with Gasteiger partial charge in [0, 0.05) is 0 Å². The van der Waals surface area contributed by atoms with Crippen LogP contribution < -0.4 is 0 Å². The third kappa shape index (κ3) is 2.48. The number of hydrogen-bond donors (Lipinski definition) is 0. The van der Waals surface area contributed by atoms with Crippen LogP contribution in [0.2, 0.25) is 0 Å². The Bertz CT molecular complexity index is 137. The second-order valence-corrected chi connectivity index (χ2v) is 5.11. The predicted molar refractivity (Wildman–Crippen MR) is 59.7 cm³/mol. The Labute approximate surface area is 84.1 Å². The summed E-state index contributed by atoms with van der Waals surface area (Å²) in [6, 6.07) is 0. The van der Waals surface area contributed by atoms with Gasteiger partial charge >= 0.3 is 0 Å². The Kier molecular flexibility index (Phi) is 4.28. The highest BCUT2D eigenvalue weighted by atomic mass is 14.4. The molecule has 0 bridgehead atoms. The van der Waals surface area contributed by atoms with Crippen molar-refractivity contribution in [3.05, 3.63) is 0 Å². The first-order valence-corrected chi connectivity index (χ1v) is 6.20. The van der Waals surface area contributed by atoms with Crippen LogP contribution in [0.15, 0.2) is 0 Å². The molecule has 0 amide bonds. The van der Waals surface area contributed by atoms with E-state index >= 15 is 0 Å². The van der Waals surface area contributed by atoms with Crippen molar-refractivity contribution in [2.75, 3.05) is 0 Å². The zero-order chi connectivity index (χ0) is 9.84. The van der Waals surface area contributed by atoms with E-state index in [4.69, 9.17) is 0 Å². The monoisotopic (exact) mass is 182 g/mol. The van der Waals surface area contributed by atoms with Crippen molar-refractivity contribution in [1.82, 2.24) is 0 Å². The fourth-order valence-corrected chi connectivity index (χ4v) is 3.30. The van der Waals surface area contributed by atoms with Gasteiger partial charge in [-0.3, -0.25) is 0 Å². The van der Waals surface area contributed by atoms with Gasteiger partial charge in [0.1, 0.15) is 0 Å². The maximum absolute atomic E-state index is 2.41. The topological polar surface area (TPSA) is 0 Å². The molecule has 1 saturated carbocycles. The predicted octanol–water partition coefficient (Wildman–Crippen LogP) is 4.49. The summed E-state index contributed by atoms with van der Waals surface area (Å²) < 4.78 is 0. The van der Waals surface area contributed by atoms with Gasteiger partial charge in [0.05, 0.1) is 0 Å². The van der Waals surface area contributed by atoms with Crippen LogP contribution in [0, 0.1) is 23.7 Å². The summed E-state index contributed by atoms with van der Waals surface area (Å²) in [7, 11) is 0. The highest BCUT2D eigenvalue weighted by Gasteiger charge is 2.35. The van der Waals surface area contributed by atoms with Crippen molar-refractivity contribution in [2.24, 2.45) is 23.7 Å². The molecule has 0 aromatic carbocycles. The zero-order valence-corrected chi connectivity index (χ0v) is 9.84. The third-order valence-electron chi connectivity index (χ3n) is 4.03. The van der Waals surface area contributed by atoms with Crippen molar-refractivity contribution < 1.29 is 0 Å². The Morgan fingerprint density at radius 3 is 2.31 bits per heavy atom. The molecule has 0 aromatic rings. The molecular weight excluding hydrogens is 156 g/mol. The molecule has 1 rings (SSSR count). The summed E-state index contributed by atoms with van der Waals surface area (Å²) in [6.07, 6.45) is 7.27. The van der Waals surface area contributed by atoms with E-state index in [1.807, 2.05) is 0 Å². The zero-order valence-electron chi connectivity index (χ0n) is 9.84. The summed E-state index contributed by atoms with van der Waals surface area (Å²) in [5, 5.41) is 0. The van der Waals surface area contributed by atoms with E-state index in [9.17, 15) is 0 Å². The van der Waals surface area contributed by atoms with Gasteiger partial charge in [-0.15, -0.1) is 0 Å². The van der Waals surface area contributed by atoms with Crippen molar-refractivity contribution >= 4 is 0 Å². The van der Waals surface area contributed by atoms with E-state index < -0.39 is 0 Å². The van der Waals surface area contributed by atoms with Crippen LogP contribution in [-0.4, -0.2) is 0 Å². The Hall–Kier alpha value is 0. The molecule has 1 fully saturated rings. The van der Waals surface area contributed by atoms with E-state index in [-0.39, 0.29) is 0 Å². The van der Waals surface area contributed by atoms with E-state index in [1.54, 1.807) is 0 Å². The molecule has 0 radical (unpaired) electrons. The van der Waals surface area contributed by atoms with E-state index in [0.717, 1.165) is 23.7 Å². The van der Waals surface area contributed by atoms with Gasteiger partial charge in [-0.25, -0.2) is 0 Å². The molecule has 0 saturated heterocycles. The standard InChI is InChI=1S/C13H26/c1-5-7-13-11(6-2)8-9-12(13)10(3)4/h10-13H,5-9H2,1-4H3. The van der Waals surface area contributed by atoms with Gasteiger partial charge < -0.3 is 0 Å². The van der Waals surface area contributed by atoms with Crippen molar-refractivity contribution in [3.8, 4) is 0 Å². The van der Waals surface area contributed by atoms with Gasteiger partial charge in [-0.2, -0.15) is 0 Å². The number of hydrogen-bond acceptors (Lipinski definition) is 0.